The van der Waals surface area contributed by atoms with Gasteiger partial charge in [-0.3, -0.25) is 0 Å². The van der Waals surface area contributed by atoms with Gasteiger partial charge in [-0.1, -0.05) is 23.4 Å². The summed E-state index contributed by atoms with van der Waals surface area (Å²) in [5.74, 6) is 2.25. The Bertz CT molecular complexity index is 653. The van der Waals surface area contributed by atoms with Gasteiger partial charge in [-0.2, -0.15) is 0 Å². The quantitative estimate of drug-likeness (QED) is 0.503. The maximum absolute atomic E-state index is 6.33. The van der Waals surface area contributed by atoms with Gasteiger partial charge in [0.1, 0.15) is 6.54 Å². The Hall–Kier alpha value is -1.51. The molecule has 0 unspecified atom stereocenters. The van der Waals surface area contributed by atoms with Crippen LogP contribution in [0.4, 0.5) is 0 Å². The maximum Gasteiger partial charge on any atom is 0.209 e. The van der Waals surface area contributed by atoms with Gasteiger partial charge in [0, 0.05) is 12.6 Å². The lowest BCUT2D eigenvalue weighted by molar-refractivity contribution is -0.666. The minimum atomic E-state index is 0.555. The van der Waals surface area contributed by atoms with Crippen LogP contribution in [0.3, 0.4) is 0 Å². The van der Waals surface area contributed by atoms with E-state index in [4.69, 9.17) is 21.1 Å². The van der Waals surface area contributed by atoms with Gasteiger partial charge in [-0.25, -0.2) is 4.68 Å². The van der Waals surface area contributed by atoms with E-state index in [0.29, 0.717) is 29.7 Å². The number of quaternary nitrogens is 1. The predicted octanol–water partition coefficient (Wildman–Crippen LogP) is 1.52. The van der Waals surface area contributed by atoms with E-state index in [-0.39, 0.29) is 0 Å². The Kier molecular flexibility index (Phi) is 7.61. The van der Waals surface area contributed by atoms with Gasteiger partial charge in [-0.15, -0.1) is 5.10 Å². The molecule has 0 spiro atoms. The molecule has 1 aromatic heterocycles. The van der Waals surface area contributed by atoms with Crippen LogP contribution >= 0.6 is 23.4 Å². The molecule has 7 nitrogen and oxygen atoms in total. The molecule has 1 aromatic carbocycles. The van der Waals surface area contributed by atoms with Crippen molar-refractivity contribution in [3.8, 4) is 11.5 Å². The first kappa shape index (κ1) is 18.8. The predicted molar refractivity (Wildman–Crippen MR) is 93.8 cm³/mol. The average Bonchev–Trinajstić information content (AvgIpc) is 2.96. The standard InChI is InChI=1S/C15H22ClN5O2S/c1-4-22-13-9-11(8-12(16)14(13)23-5-2)10-17-6-7-24-15-18-19-20-21(15)3/h8-9,17H,4-7,10H2,1-3H3/p+1. The number of benzene rings is 1. The molecule has 2 N–H and O–H groups in total. The minimum absolute atomic E-state index is 0.555. The summed E-state index contributed by atoms with van der Waals surface area (Å²) in [7, 11) is 1.84. The van der Waals surface area contributed by atoms with E-state index >= 15 is 0 Å². The van der Waals surface area contributed by atoms with Crippen LogP contribution in [0.2, 0.25) is 5.02 Å². The molecule has 0 bridgehead atoms. The van der Waals surface area contributed by atoms with Crippen LogP contribution in [0.25, 0.3) is 0 Å². The second kappa shape index (κ2) is 9.71. The van der Waals surface area contributed by atoms with Crippen molar-refractivity contribution in [3.63, 3.8) is 0 Å². The van der Waals surface area contributed by atoms with E-state index < -0.39 is 0 Å². The van der Waals surface area contributed by atoms with E-state index in [1.165, 1.54) is 0 Å². The number of aromatic nitrogens is 4. The Morgan fingerprint density at radius 2 is 2.04 bits per heavy atom. The summed E-state index contributed by atoms with van der Waals surface area (Å²) in [5.41, 5.74) is 1.11. The van der Waals surface area contributed by atoms with Crippen molar-refractivity contribution < 1.29 is 14.8 Å². The molecule has 0 aliphatic heterocycles. The van der Waals surface area contributed by atoms with Crippen molar-refractivity contribution >= 4 is 23.4 Å². The highest BCUT2D eigenvalue weighted by molar-refractivity contribution is 7.99. The number of aryl methyl sites for hydroxylation is 1. The molecule has 0 radical (unpaired) electrons. The fraction of sp³-hybridized carbons (Fsp3) is 0.533. The topological polar surface area (TPSA) is 78.7 Å². The zero-order chi connectivity index (χ0) is 17.4. The first-order valence-corrected chi connectivity index (χ1v) is 9.26. The van der Waals surface area contributed by atoms with Gasteiger partial charge in [0.05, 0.1) is 30.5 Å². The lowest BCUT2D eigenvalue weighted by Gasteiger charge is -2.14. The van der Waals surface area contributed by atoms with E-state index in [0.717, 1.165) is 29.6 Å². The molecule has 0 aliphatic rings. The largest absolute Gasteiger partial charge is 0.490 e. The van der Waals surface area contributed by atoms with Crippen LogP contribution < -0.4 is 14.8 Å². The van der Waals surface area contributed by atoms with Crippen LogP contribution in [0.5, 0.6) is 11.5 Å². The van der Waals surface area contributed by atoms with Crippen molar-refractivity contribution in [2.45, 2.75) is 25.5 Å². The molecule has 0 amide bonds. The fourth-order valence-electron chi connectivity index (χ4n) is 2.13. The summed E-state index contributed by atoms with van der Waals surface area (Å²) < 4.78 is 12.9. The normalized spacial score (nSPS) is 10.8. The van der Waals surface area contributed by atoms with Gasteiger partial charge in [-0.05, 0) is 36.4 Å². The summed E-state index contributed by atoms with van der Waals surface area (Å²) in [6.07, 6.45) is 0. The number of rotatable bonds is 10. The highest BCUT2D eigenvalue weighted by Gasteiger charge is 2.13. The number of nitrogens with zero attached hydrogens (tertiary/aromatic N) is 4. The van der Waals surface area contributed by atoms with Crippen molar-refractivity contribution in [3.05, 3.63) is 22.7 Å². The fourth-order valence-corrected chi connectivity index (χ4v) is 3.20. The van der Waals surface area contributed by atoms with Crippen LogP contribution in [-0.4, -0.2) is 45.7 Å². The molecular formula is C15H23ClN5O2S+. The van der Waals surface area contributed by atoms with Crippen molar-refractivity contribution in [2.24, 2.45) is 7.05 Å². The lowest BCUT2D eigenvalue weighted by Crippen LogP contribution is -2.83. The third kappa shape index (κ3) is 5.25. The molecule has 1 heterocycles. The summed E-state index contributed by atoms with van der Waals surface area (Å²) in [5, 5.41) is 15.0. The van der Waals surface area contributed by atoms with Gasteiger partial charge in [0.2, 0.25) is 5.16 Å². The van der Waals surface area contributed by atoms with Crippen molar-refractivity contribution in [1.82, 2.24) is 20.2 Å². The SMILES string of the molecule is CCOc1cc(C[NH2+]CCSc2nnnn2C)cc(Cl)c1OCC. The number of thioether (sulfide) groups is 1. The summed E-state index contributed by atoms with van der Waals surface area (Å²) in [6, 6.07) is 3.93. The Morgan fingerprint density at radius 3 is 2.71 bits per heavy atom. The monoisotopic (exact) mass is 372 g/mol. The highest BCUT2D eigenvalue weighted by Crippen LogP contribution is 2.36. The number of hydrogen-bond acceptors (Lipinski definition) is 6. The third-order valence-electron chi connectivity index (χ3n) is 3.17. The molecule has 0 aliphatic carbocycles. The molecule has 2 rings (SSSR count). The second-order valence-electron chi connectivity index (χ2n) is 4.99. The molecule has 132 valence electrons. The zero-order valence-electron chi connectivity index (χ0n) is 14.2. The van der Waals surface area contributed by atoms with Gasteiger partial charge >= 0.3 is 0 Å². The van der Waals surface area contributed by atoms with Crippen LogP contribution in [0.1, 0.15) is 19.4 Å². The number of nitrogens with two attached hydrogens (primary N) is 1. The first-order valence-electron chi connectivity index (χ1n) is 7.90. The van der Waals surface area contributed by atoms with Gasteiger partial charge in [0.15, 0.2) is 11.5 Å². The van der Waals surface area contributed by atoms with E-state index in [1.54, 1.807) is 16.4 Å². The Balaban J connectivity index is 1.86. The molecule has 0 fully saturated rings. The molecule has 2 aromatic rings. The third-order valence-corrected chi connectivity index (χ3v) is 4.50. The summed E-state index contributed by atoms with van der Waals surface area (Å²) >= 11 is 7.96. The van der Waals surface area contributed by atoms with Crippen LogP contribution in [-0.2, 0) is 13.6 Å². The molecular weight excluding hydrogens is 350 g/mol. The molecule has 0 atom stereocenters. The zero-order valence-corrected chi connectivity index (χ0v) is 15.7. The van der Waals surface area contributed by atoms with Crippen LogP contribution in [0, 0.1) is 0 Å². The van der Waals surface area contributed by atoms with E-state index in [2.05, 4.69) is 20.8 Å². The smallest absolute Gasteiger partial charge is 0.209 e. The Labute approximate surface area is 151 Å². The molecule has 0 saturated carbocycles. The molecule has 24 heavy (non-hydrogen) atoms. The second-order valence-corrected chi connectivity index (χ2v) is 6.46. The number of hydrogen-bond donors (Lipinski definition) is 1. The number of tetrazole rings is 1. The molecule has 9 heteroatoms. The highest BCUT2D eigenvalue weighted by atomic mass is 35.5. The van der Waals surface area contributed by atoms with Crippen molar-refractivity contribution in [1.29, 1.82) is 0 Å². The van der Waals surface area contributed by atoms with Gasteiger partial charge < -0.3 is 14.8 Å². The van der Waals surface area contributed by atoms with E-state index in [1.807, 2.05) is 33.0 Å². The number of ether oxygens (including phenoxy) is 2. The minimum Gasteiger partial charge on any atom is -0.490 e. The number of halogens is 1. The first-order chi connectivity index (χ1) is 11.7. The molecule has 0 saturated heterocycles. The summed E-state index contributed by atoms with van der Waals surface area (Å²) in [4.78, 5) is 0. The van der Waals surface area contributed by atoms with Crippen LogP contribution in [0.15, 0.2) is 17.3 Å². The summed E-state index contributed by atoms with van der Waals surface area (Å²) in [6.45, 7) is 6.78. The van der Waals surface area contributed by atoms with E-state index in [9.17, 15) is 0 Å². The maximum atomic E-state index is 6.33. The van der Waals surface area contributed by atoms with Crippen molar-refractivity contribution in [2.75, 3.05) is 25.5 Å². The average molecular weight is 373 g/mol. The Morgan fingerprint density at radius 1 is 1.25 bits per heavy atom. The van der Waals surface area contributed by atoms with Gasteiger partial charge in [0.25, 0.3) is 0 Å². The lowest BCUT2D eigenvalue weighted by atomic mass is 10.2.